The van der Waals surface area contributed by atoms with Gasteiger partial charge in [0, 0.05) is 65.9 Å². The monoisotopic (exact) mass is 576 g/mol. The number of methoxy groups -OCH3 is 1. The van der Waals surface area contributed by atoms with Crippen molar-refractivity contribution >= 4 is 49.8 Å². The highest BCUT2D eigenvalue weighted by Gasteiger charge is 2.38. The number of ether oxygens (including phenoxy) is 2. The van der Waals surface area contributed by atoms with Crippen molar-refractivity contribution in [2.24, 2.45) is 11.7 Å². The first-order valence-electron chi connectivity index (χ1n) is 11.7. The van der Waals surface area contributed by atoms with Crippen molar-refractivity contribution in [3.05, 3.63) is 58.5 Å². The molecule has 5 rings (SSSR count). The zero-order valence-electron chi connectivity index (χ0n) is 20.9. The van der Waals surface area contributed by atoms with E-state index in [-0.39, 0.29) is 17.7 Å². The van der Waals surface area contributed by atoms with Crippen LogP contribution in [0.4, 0.5) is 5.82 Å². The van der Waals surface area contributed by atoms with E-state index in [4.69, 9.17) is 38.4 Å². The van der Waals surface area contributed by atoms with Gasteiger partial charge < -0.3 is 14.4 Å². The summed E-state index contributed by atoms with van der Waals surface area (Å²) < 4.78 is 34.8. The number of aromatic amines is 1. The fourth-order valence-corrected chi connectivity index (χ4v) is 6.39. The van der Waals surface area contributed by atoms with Crippen LogP contribution in [-0.2, 0) is 9.84 Å². The van der Waals surface area contributed by atoms with E-state index in [1.165, 1.54) is 25.8 Å². The summed E-state index contributed by atoms with van der Waals surface area (Å²) in [6, 6.07) is 7.49. The number of hydrogen-bond acceptors (Lipinski definition) is 9. The van der Waals surface area contributed by atoms with Gasteiger partial charge in [-0.25, -0.2) is 13.4 Å². The zero-order chi connectivity index (χ0) is 27.2. The van der Waals surface area contributed by atoms with Gasteiger partial charge in [-0.05, 0) is 25.1 Å². The maximum atomic E-state index is 11.6. The molecule has 0 spiro atoms. The molecular formula is C25H26Cl2N6O4S. The number of sulfone groups is 1. The van der Waals surface area contributed by atoms with Gasteiger partial charge in [0.25, 0.3) is 0 Å². The van der Waals surface area contributed by atoms with Crippen molar-refractivity contribution < 1.29 is 17.9 Å². The molecule has 0 saturated carbocycles. The van der Waals surface area contributed by atoms with Crippen LogP contribution < -0.4 is 20.1 Å². The Morgan fingerprint density at radius 3 is 2.53 bits per heavy atom. The Kier molecular flexibility index (Phi) is 7.12. The van der Waals surface area contributed by atoms with Gasteiger partial charge in [-0.1, -0.05) is 23.2 Å². The SMILES string of the molecule is COc1cc2[nH]nc(-c3ccc(N4C[C@H](CS(C)(=O)=O)[C@H]4C)nc3)c2cc1O[C@H](N)c1c(Cl)cncc1Cl. The molecule has 0 aliphatic carbocycles. The third kappa shape index (κ3) is 5.11. The molecule has 0 unspecified atom stereocenters. The smallest absolute Gasteiger partial charge is 0.177 e. The van der Waals surface area contributed by atoms with Gasteiger partial charge >= 0.3 is 0 Å². The quantitative estimate of drug-likeness (QED) is 0.295. The average molecular weight is 577 g/mol. The largest absolute Gasteiger partial charge is 0.493 e. The molecule has 200 valence electrons. The summed E-state index contributed by atoms with van der Waals surface area (Å²) in [4.78, 5) is 10.7. The molecule has 4 aromatic rings. The number of nitrogens with zero attached hydrogens (tertiary/aromatic N) is 4. The molecular weight excluding hydrogens is 551 g/mol. The molecule has 13 heteroatoms. The maximum Gasteiger partial charge on any atom is 0.177 e. The van der Waals surface area contributed by atoms with Gasteiger partial charge in [-0.2, -0.15) is 5.10 Å². The van der Waals surface area contributed by atoms with E-state index in [9.17, 15) is 8.42 Å². The van der Waals surface area contributed by atoms with Crippen molar-refractivity contribution in [2.45, 2.75) is 19.2 Å². The lowest BCUT2D eigenvalue weighted by atomic mass is 9.92. The minimum absolute atomic E-state index is 0.0908. The fourth-order valence-electron chi connectivity index (χ4n) is 4.65. The Bertz CT molecular complexity index is 1580. The molecule has 3 aromatic heterocycles. The number of hydrogen-bond donors (Lipinski definition) is 2. The summed E-state index contributed by atoms with van der Waals surface area (Å²) in [5.74, 6) is 1.90. The fraction of sp³-hybridized carbons (Fsp3) is 0.320. The van der Waals surface area contributed by atoms with Gasteiger partial charge in [0.1, 0.15) is 21.3 Å². The van der Waals surface area contributed by atoms with Crippen molar-refractivity contribution in [3.8, 4) is 22.8 Å². The van der Waals surface area contributed by atoms with Gasteiger partial charge in [-0.15, -0.1) is 0 Å². The molecule has 1 aliphatic heterocycles. The number of halogens is 2. The van der Waals surface area contributed by atoms with Crippen LogP contribution in [0.2, 0.25) is 10.0 Å². The van der Waals surface area contributed by atoms with E-state index in [1.807, 2.05) is 19.1 Å². The maximum absolute atomic E-state index is 11.6. The Hall–Kier alpha value is -3.12. The van der Waals surface area contributed by atoms with Gasteiger partial charge in [0.05, 0.1) is 28.4 Å². The molecule has 4 heterocycles. The Labute approximate surface area is 230 Å². The third-order valence-electron chi connectivity index (χ3n) is 6.71. The Balaban J connectivity index is 1.41. The summed E-state index contributed by atoms with van der Waals surface area (Å²) in [7, 11) is -1.49. The lowest BCUT2D eigenvalue weighted by Gasteiger charge is -2.47. The number of H-pyrrole nitrogens is 1. The number of aromatic nitrogens is 4. The van der Waals surface area contributed by atoms with Crippen LogP contribution in [0.1, 0.15) is 18.7 Å². The lowest BCUT2D eigenvalue weighted by molar-refractivity contribution is 0.204. The van der Waals surface area contributed by atoms with Crippen molar-refractivity contribution in [3.63, 3.8) is 0 Å². The molecule has 1 fully saturated rings. The van der Waals surface area contributed by atoms with E-state index < -0.39 is 16.1 Å². The molecule has 10 nitrogen and oxygen atoms in total. The highest BCUT2D eigenvalue weighted by atomic mass is 35.5. The molecule has 1 aliphatic rings. The Morgan fingerprint density at radius 1 is 1.18 bits per heavy atom. The number of anilines is 1. The molecule has 38 heavy (non-hydrogen) atoms. The number of nitrogens with one attached hydrogen (secondary N) is 1. The van der Waals surface area contributed by atoms with E-state index in [1.54, 1.807) is 18.3 Å². The second-order valence-corrected chi connectivity index (χ2v) is 12.3. The predicted molar refractivity (Wildman–Crippen MR) is 148 cm³/mol. The minimum Gasteiger partial charge on any atom is -0.493 e. The second kappa shape index (κ2) is 10.2. The van der Waals surface area contributed by atoms with E-state index in [0.29, 0.717) is 39.3 Å². The molecule has 0 radical (unpaired) electrons. The summed E-state index contributed by atoms with van der Waals surface area (Å²) in [5.41, 5.74) is 8.91. The predicted octanol–water partition coefficient (Wildman–Crippen LogP) is 4.24. The summed E-state index contributed by atoms with van der Waals surface area (Å²) in [6.45, 7) is 2.67. The third-order valence-corrected chi connectivity index (χ3v) is 8.35. The number of pyridine rings is 2. The first-order valence-corrected chi connectivity index (χ1v) is 14.6. The normalized spacial score (nSPS) is 18.3. The summed E-state index contributed by atoms with van der Waals surface area (Å²) >= 11 is 12.5. The molecule has 0 bridgehead atoms. The van der Waals surface area contributed by atoms with Crippen LogP contribution in [-0.4, -0.2) is 60.3 Å². The zero-order valence-corrected chi connectivity index (χ0v) is 23.2. The van der Waals surface area contributed by atoms with Crippen LogP contribution >= 0.6 is 23.2 Å². The standard InChI is InChI=1S/C25H26Cl2N6O4S/c1-13-15(12-38(3,34)35)11-33(13)22-5-4-14(8-30-22)24-16-6-21(20(36-2)7-19(16)31-32-24)37-25(28)23-17(26)9-29-10-18(23)27/h4-10,13,15,25H,11-12,28H2,1-3H3,(H,31,32)/t13-,15-,25+/m1/s1. The number of rotatable bonds is 8. The van der Waals surface area contributed by atoms with Gasteiger partial charge in [0.2, 0.25) is 0 Å². The van der Waals surface area contributed by atoms with Crippen molar-refractivity contribution in [1.29, 1.82) is 0 Å². The first kappa shape index (κ1) is 26.5. The molecule has 0 amide bonds. The molecule has 3 N–H and O–H groups in total. The van der Waals surface area contributed by atoms with Crippen LogP contribution in [0, 0.1) is 5.92 Å². The highest BCUT2D eigenvalue weighted by molar-refractivity contribution is 7.90. The van der Waals surface area contributed by atoms with Crippen LogP contribution in [0.25, 0.3) is 22.2 Å². The lowest BCUT2D eigenvalue weighted by Crippen LogP contribution is -2.57. The Morgan fingerprint density at radius 2 is 1.92 bits per heavy atom. The van der Waals surface area contributed by atoms with E-state index in [2.05, 4.69) is 25.1 Å². The second-order valence-electron chi connectivity index (χ2n) is 9.33. The van der Waals surface area contributed by atoms with Crippen LogP contribution in [0.15, 0.2) is 42.9 Å². The van der Waals surface area contributed by atoms with E-state index in [0.717, 1.165) is 22.3 Å². The van der Waals surface area contributed by atoms with Crippen LogP contribution in [0.5, 0.6) is 11.5 Å². The molecule has 1 aromatic carbocycles. The van der Waals surface area contributed by atoms with E-state index >= 15 is 0 Å². The topological polar surface area (TPSA) is 136 Å². The van der Waals surface area contributed by atoms with Gasteiger partial charge in [-0.3, -0.25) is 15.8 Å². The number of fused-ring (bicyclic) bond motifs is 1. The van der Waals surface area contributed by atoms with Crippen LogP contribution in [0.3, 0.4) is 0 Å². The van der Waals surface area contributed by atoms with Gasteiger partial charge in [0.15, 0.2) is 17.7 Å². The van der Waals surface area contributed by atoms with Crippen molar-refractivity contribution in [2.75, 3.05) is 30.6 Å². The average Bonchev–Trinajstić information content (AvgIpc) is 3.28. The minimum atomic E-state index is -3.02. The van der Waals surface area contributed by atoms with Crippen molar-refractivity contribution in [1.82, 2.24) is 20.2 Å². The molecule has 1 saturated heterocycles. The number of nitrogens with two attached hydrogens (primary N) is 1. The highest BCUT2D eigenvalue weighted by Crippen LogP contribution is 2.39. The number of benzene rings is 1. The summed E-state index contributed by atoms with van der Waals surface area (Å²) in [6.07, 6.45) is 4.95. The first-order chi connectivity index (χ1) is 18.1. The summed E-state index contributed by atoms with van der Waals surface area (Å²) in [5, 5.41) is 8.87. The molecule has 3 atom stereocenters.